The SMILES string of the molecule is CCOC(=O)c1c(NC(=O)CNCC(=O)NC)sc(C)c1-c1ccccc1. The number of ether oxygens (including phenoxy) is 1. The Morgan fingerprint density at radius 2 is 1.74 bits per heavy atom. The number of amides is 2. The van der Waals surface area contributed by atoms with Gasteiger partial charge in [0, 0.05) is 17.5 Å². The average Bonchev–Trinajstić information content (AvgIpc) is 2.98. The molecular weight excluding hydrogens is 366 g/mol. The Hall–Kier alpha value is -2.71. The summed E-state index contributed by atoms with van der Waals surface area (Å²) in [6, 6.07) is 9.50. The second-order valence-corrected chi connectivity index (χ2v) is 6.87. The third kappa shape index (κ3) is 5.38. The number of hydrogen-bond acceptors (Lipinski definition) is 6. The summed E-state index contributed by atoms with van der Waals surface area (Å²) in [4.78, 5) is 36.9. The van der Waals surface area contributed by atoms with Crippen LogP contribution in [0, 0.1) is 6.92 Å². The molecule has 0 radical (unpaired) electrons. The molecule has 1 aromatic carbocycles. The van der Waals surface area contributed by atoms with Gasteiger partial charge in [-0.15, -0.1) is 11.3 Å². The molecule has 1 aromatic heterocycles. The van der Waals surface area contributed by atoms with E-state index in [1.807, 2.05) is 37.3 Å². The van der Waals surface area contributed by atoms with E-state index < -0.39 is 5.97 Å². The summed E-state index contributed by atoms with van der Waals surface area (Å²) in [5, 5.41) is 8.41. The maximum Gasteiger partial charge on any atom is 0.341 e. The number of carbonyl (C=O) groups is 3. The largest absolute Gasteiger partial charge is 0.462 e. The molecule has 7 nitrogen and oxygen atoms in total. The lowest BCUT2D eigenvalue weighted by atomic mass is 10.0. The number of thiophene rings is 1. The summed E-state index contributed by atoms with van der Waals surface area (Å²) >= 11 is 1.32. The summed E-state index contributed by atoms with van der Waals surface area (Å²) < 4.78 is 5.20. The molecule has 0 saturated heterocycles. The molecule has 2 amide bonds. The van der Waals surface area contributed by atoms with E-state index in [4.69, 9.17) is 4.74 Å². The predicted octanol–water partition coefficient (Wildman–Crippen LogP) is 2.17. The van der Waals surface area contributed by atoms with E-state index in [0.29, 0.717) is 10.6 Å². The van der Waals surface area contributed by atoms with Crippen molar-refractivity contribution in [1.82, 2.24) is 10.6 Å². The summed E-state index contributed by atoms with van der Waals surface area (Å²) in [5.41, 5.74) is 1.99. The molecule has 0 aliphatic heterocycles. The van der Waals surface area contributed by atoms with Gasteiger partial charge < -0.3 is 15.4 Å². The first kappa shape index (κ1) is 20.6. The normalized spacial score (nSPS) is 10.3. The molecule has 0 atom stereocenters. The first-order valence-corrected chi connectivity index (χ1v) is 9.36. The fraction of sp³-hybridized carbons (Fsp3) is 0.316. The Morgan fingerprint density at radius 3 is 2.37 bits per heavy atom. The molecule has 27 heavy (non-hydrogen) atoms. The minimum atomic E-state index is -0.477. The lowest BCUT2D eigenvalue weighted by molar-refractivity contribution is -0.120. The Morgan fingerprint density at radius 1 is 1.07 bits per heavy atom. The average molecular weight is 389 g/mol. The fourth-order valence-corrected chi connectivity index (χ4v) is 3.61. The molecule has 0 aliphatic carbocycles. The number of esters is 1. The van der Waals surface area contributed by atoms with Crippen molar-refractivity contribution in [2.24, 2.45) is 0 Å². The van der Waals surface area contributed by atoms with Crippen LogP contribution < -0.4 is 16.0 Å². The molecule has 2 rings (SSSR count). The Labute approximate surface area is 162 Å². The van der Waals surface area contributed by atoms with Gasteiger partial charge in [0.1, 0.15) is 10.6 Å². The molecule has 1 heterocycles. The standard InChI is InChI=1S/C19H23N3O4S/c1-4-26-19(25)17-16(13-8-6-5-7-9-13)12(2)27-18(17)22-15(24)11-21-10-14(23)20-3/h5-9,21H,4,10-11H2,1-3H3,(H,20,23)(H,22,24). The summed E-state index contributed by atoms with van der Waals surface area (Å²) in [7, 11) is 1.52. The predicted molar refractivity (Wildman–Crippen MR) is 106 cm³/mol. The van der Waals surface area contributed by atoms with Crippen molar-refractivity contribution in [2.75, 3.05) is 32.1 Å². The van der Waals surface area contributed by atoms with E-state index >= 15 is 0 Å². The number of anilines is 1. The minimum Gasteiger partial charge on any atom is -0.462 e. The maximum absolute atomic E-state index is 12.6. The van der Waals surface area contributed by atoms with Crippen LogP contribution in [0.1, 0.15) is 22.2 Å². The van der Waals surface area contributed by atoms with Crippen LogP contribution in [0.25, 0.3) is 11.1 Å². The quantitative estimate of drug-likeness (QED) is 0.602. The lowest BCUT2D eigenvalue weighted by Gasteiger charge is -2.09. The van der Waals surface area contributed by atoms with Crippen LogP contribution in [-0.2, 0) is 14.3 Å². The third-order valence-corrected chi connectivity index (χ3v) is 4.75. The second-order valence-electron chi connectivity index (χ2n) is 5.65. The molecule has 8 heteroatoms. The highest BCUT2D eigenvalue weighted by Crippen LogP contribution is 2.40. The van der Waals surface area contributed by atoms with Crippen LogP contribution in [0.5, 0.6) is 0 Å². The lowest BCUT2D eigenvalue weighted by Crippen LogP contribution is -2.36. The molecule has 0 fully saturated rings. The van der Waals surface area contributed by atoms with Crippen LogP contribution in [-0.4, -0.2) is 44.5 Å². The Balaban J connectivity index is 2.27. The van der Waals surface area contributed by atoms with E-state index in [-0.39, 0.29) is 31.5 Å². The van der Waals surface area contributed by atoms with Gasteiger partial charge in [0.2, 0.25) is 11.8 Å². The molecule has 3 N–H and O–H groups in total. The number of aryl methyl sites for hydroxylation is 1. The molecule has 0 aliphatic rings. The topological polar surface area (TPSA) is 96.5 Å². The molecule has 0 saturated carbocycles. The first-order chi connectivity index (χ1) is 13.0. The summed E-state index contributed by atoms with van der Waals surface area (Å²) in [5.74, 6) is -1.03. The van der Waals surface area contributed by atoms with Crippen LogP contribution in [0.3, 0.4) is 0 Å². The zero-order chi connectivity index (χ0) is 19.8. The highest BCUT2D eigenvalue weighted by atomic mass is 32.1. The van der Waals surface area contributed by atoms with Gasteiger partial charge in [-0.25, -0.2) is 4.79 Å². The highest BCUT2D eigenvalue weighted by Gasteiger charge is 2.25. The smallest absolute Gasteiger partial charge is 0.341 e. The van der Waals surface area contributed by atoms with Gasteiger partial charge in [-0.2, -0.15) is 0 Å². The van der Waals surface area contributed by atoms with Crippen molar-refractivity contribution in [3.63, 3.8) is 0 Å². The number of likely N-dealkylation sites (N-methyl/N-ethyl adjacent to an activating group) is 1. The Kier molecular flexibility index (Phi) is 7.51. The molecule has 0 bridgehead atoms. The van der Waals surface area contributed by atoms with E-state index in [2.05, 4.69) is 16.0 Å². The number of rotatable bonds is 8. The van der Waals surface area contributed by atoms with Gasteiger partial charge in [-0.05, 0) is 19.4 Å². The maximum atomic E-state index is 12.6. The van der Waals surface area contributed by atoms with Crippen LogP contribution in [0.15, 0.2) is 30.3 Å². The van der Waals surface area contributed by atoms with Crippen LogP contribution in [0.2, 0.25) is 0 Å². The minimum absolute atomic E-state index is 0.0351. The zero-order valence-corrected chi connectivity index (χ0v) is 16.4. The van der Waals surface area contributed by atoms with Crippen molar-refractivity contribution in [3.8, 4) is 11.1 Å². The monoisotopic (exact) mass is 389 g/mol. The van der Waals surface area contributed by atoms with Crippen molar-refractivity contribution in [3.05, 3.63) is 40.8 Å². The van der Waals surface area contributed by atoms with Crippen molar-refractivity contribution in [2.45, 2.75) is 13.8 Å². The van der Waals surface area contributed by atoms with Gasteiger partial charge >= 0.3 is 5.97 Å². The molecular formula is C19H23N3O4S. The first-order valence-electron chi connectivity index (χ1n) is 8.55. The van der Waals surface area contributed by atoms with E-state index in [0.717, 1.165) is 16.0 Å². The molecule has 144 valence electrons. The van der Waals surface area contributed by atoms with Crippen molar-refractivity contribution < 1.29 is 19.1 Å². The van der Waals surface area contributed by atoms with E-state index in [9.17, 15) is 14.4 Å². The van der Waals surface area contributed by atoms with Crippen LogP contribution in [0.4, 0.5) is 5.00 Å². The molecule has 0 unspecified atom stereocenters. The van der Waals surface area contributed by atoms with Crippen LogP contribution >= 0.6 is 11.3 Å². The van der Waals surface area contributed by atoms with E-state index in [1.54, 1.807) is 6.92 Å². The number of benzene rings is 1. The van der Waals surface area contributed by atoms with Crippen molar-refractivity contribution >= 4 is 34.1 Å². The highest BCUT2D eigenvalue weighted by molar-refractivity contribution is 7.17. The zero-order valence-electron chi connectivity index (χ0n) is 15.5. The van der Waals surface area contributed by atoms with Gasteiger partial charge in [0.05, 0.1) is 19.7 Å². The number of carbonyl (C=O) groups excluding carboxylic acids is 3. The van der Waals surface area contributed by atoms with Gasteiger partial charge in [-0.1, -0.05) is 30.3 Å². The second kappa shape index (κ2) is 9.84. The van der Waals surface area contributed by atoms with E-state index in [1.165, 1.54) is 18.4 Å². The van der Waals surface area contributed by atoms with Crippen molar-refractivity contribution in [1.29, 1.82) is 0 Å². The molecule has 2 aromatic rings. The number of hydrogen-bond donors (Lipinski definition) is 3. The third-order valence-electron chi connectivity index (χ3n) is 3.73. The van der Waals surface area contributed by atoms with Gasteiger partial charge in [-0.3, -0.25) is 14.9 Å². The van der Waals surface area contributed by atoms with Gasteiger partial charge in [0.25, 0.3) is 0 Å². The fourth-order valence-electron chi connectivity index (χ4n) is 2.53. The molecule has 0 spiro atoms. The summed E-state index contributed by atoms with van der Waals surface area (Å²) in [6.45, 7) is 3.86. The van der Waals surface area contributed by atoms with Gasteiger partial charge in [0.15, 0.2) is 0 Å². The Bertz CT molecular complexity index is 818. The number of nitrogens with one attached hydrogen (secondary N) is 3. The summed E-state index contributed by atoms with van der Waals surface area (Å²) in [6.07, 6.45) is 0.